The van der Waals surface area contributed by atoms with E-state index in [2.05, 4.69) is 21.8 Å². The Morgan fingerprint density at radius 1 is 1.46 bits per heavy atom. The summed E-state index contributed by atoms with van der Waals surface area (Å²) >= 11 is 0. The van der Waals surface area contributed by atoms with Crippen molar-refractivity contribution >= 4 is 17.0 Å². The Hall–Kier alpha value is -2.41. The zero-order valence-corrected chi connectivity index (χ0v) is 13.9. The smallest absolute Gasteiger partial charge is 0.265 e. The Labute approximate surface area is 140 Å². The van der Waals surface area contributed by atoms with Crippen LogP contribution < -0.4 is 10.9 Å². The number of hydrogen-bond donors (Lipinski definition) is 1. The number of aryl methyl sites for hydroxylation is 1. The molecule has 2 aromatic heterocycles. The lowest BCUT2D eigenvalue weighted by Crippen LogP contribution is -2.34. The van der Waals surface area contributed by atoms with Gasteiger partial charge < -0.3 is 14.6 Å². The lowest BCUT2D eigenvalue weighted by atomic mass is 10.2. The van der Waals surface area contributed by atoms with E-state index in [9.17, 15) is 9.59 Å². The molecule has 0 aromatic carbocycles. The summed E-state index contributed by atoms with van der Waals surface area (Å²) in [4.78, 5) is 31.6. The molecule has 0 aliphatic carbocycles. The summed E-state index contributed by atoms with van der Waals surface area (Å²) < 4.78 is 6.90. The largest absolute Gasteiger partial charge is 0.442 e. The van der Waals surface area contributed by atoms with Crippen LogP contribution in [0.5, 0.6) is 0 Å². The first-order valence-corrected chi connectivity index (χ1v) is 8.22. The second kappa shape index (κ2) is 7.00. The first-order chi connectivity index (χ1) is 11.6. The Bertz CT molecular complexity index is 815. The van der Waals surface area contributed by atoms with Gasteiger partial charge in [0.1, 0.15) is 17.5 Å². The molecule has 0 bridgehead atoms. The second-order valence-electron chi connectivity index (χ2n) is 6.01. The van der Waals surface area contributed by atoms with Crippen LogP contribution >= 0.6 is 0 Å². The fourth-order valence-corrected chi connectivity index (χ4v) is 3.10. The van der Waals surface area contributed by atoms with E-state index in [0.29, 0.717) is 18.8 Å². The van der Waals surface area contributed by atoms with E-state index < -0.39 is 0 Å². The summed E-state index contributed by atoms with van der Waals surface area (Å²) in [5.74, 6) is 0.116. The zero-order valence-electron chi connectivity index (χ0n) is 13.9. The molecule has 0 spiro atoms. The standard InChI is InChI=1S/C17H22N4O3/c1-3-7-21-11-19-16-14(17(21)23)13(12(2)24-16)15(22)18-6-10-20-8-4-5-9-20/h3,11H,1,4-10H2,2H3,(H,18,22). The molecular formula is C17H22N4O3. The van der Waals surface area contributed by atoms with Gasteiger partial charge >= 0.3 is 0 Å². The van der Waals surface area contributed by atoms with E-state index in [4.69, 9.17) is 4.42 Å². The van der Waals surface area contributed by atoms with E-state index in [1.165, 1.54) is 23.7 Å². The first-order valence-electron chi connectivity index (χ1n) is 8.22. The fourth-order valence-electron chi connectivity index (χ4n) is 3.10. The van der Waals surface area contributed by atoms with Crippen molar-refractivity contribution in [2.75, 3.05) is 26.2 Å². The predicted octanol–water partition coefficient (Wildman–Crippen LogP) is 1.31. The summed E-state index contributed by atoms with van der Waals surface area (Å²) in [6.07, 6.45) is 5.45. The number of likely N-dealkylation sites (tertiary alicyclic amines) is 1. The maximum absolute atomic E-state index is 12.6. The molecule has 3 heterocycles. The van der Waals surface area contributed by atoms with Crippen LogP contribution in [0.2, 0.25) is 0 Å². The number of hydrogen-bond acceptors (Lipinski definition) is 5. The highest BCUT2D eigenvalue weighted by atomic mass is 16.3. The molecule has 0 atom stereocenters. The normalized spacial score (nSPS) is 15.0. The van der Waals surface area contributed by atoms with Gasteiger partial charge in [-0.05, 0) is 32.9 Å². The van der Waals surface area contributed by atoms with Crippen molar-refractivity contribution in [3.63, 3.8) is 0 Å². The highest BCUT2D eigenvalue weighted by molar-refractivity contribution is 6.06. The van der Waals surface area contributed by atoms with Crippen LogP contribution in [0.3, 0.4) is 0 Å². The number of fused-ring (bicyclic) bond motifs is 1. The van der Waals surface area contributed by atoms with Gasteiger partial charge in [0, 0.05) is 19.6 Å². The Kier molecular flexibility index (Phi) is 4.80. The zero-order chi connectivity index (χ0) is 17.1. The Morgan fingerprint density at radius 3 is 2.92 bits per heavy atom. The number of carbonyl (C=O) groups excluding carboxylic acids is 1. The number of nitrogens with one attached hydrogen (secondary N) is 1. The number of furan rings is 1. The lowest BCUT2D eigenvalue weighted by molar-refractivity contribution is 0.0949. The van der Waals surface area contributed by atoms with Crippen LogP contribution in [0.25, 0.3) is 11.1 Å². The van der Waals surface area contributed by atoms with Gasteiger partial charge in [-0.15, -0.1) is 6.58 Å². The molecular weight excluding hydrogens is 308 g/mol. The predicted molar refractivity (Wildman–Crippen MR) is 91.2 cm³/mol. The molecule has 1 fully saturated rings. The van der Waals surface area contributed by atoms with Gasteiger partial charge in [0.05, 0.1) is 5.56 Å². The number of amides is 1. The molecule has 1 N–H and O–H groups in total. The van der Waals surface area contributed by atoms with E-state index in [0.717, 1.165) is 19.6 Å². The molecule has 24 heavy (non-hydrogen) atoms. The third-order valence-electron chi connectivity index (χ3n) is 4.32. The van der Waals surface area contributed by atoms with Crippen molar-refractivity contribution in [3.8, 4) is 0 Å². The molecule has 2 aromatic rings. The minimum Gasteiger partial charge on any atom is -0.442 e. The number of nitrogens with zero attached hydrogens (tertiary/aromatic N) is 3. The highest BCUT2D eigenvalue weighted by Crippen LogP contribution is 2.20. The minimum atomic E-state index is -0.291. The molecule has 1 amide bonds. The number of carbonyl (C=O) groups is 1. The van der Waals surface area contributed by atoms with Gasteiger partial charge in [-0.1, -0.05) is 6.08 Å². The molecule has 0 saturated carbocycles. The van der Waals surface area contributed by atoms with Crippen molar-refractivity contribution < 1.29 is 9.21 Å². The average molecular weight is 330 g/mol. The third-order valence-corrected chi connectivity index (χ3v) is 4.32. The molecule has 0 unspecified atom stereocenters. The molecule has 7 heteroatoms. The van der Waals surface area contributed by atoms with E-state index in [1.54, 1.807) is 13.0 Å². The van der Waals surface area contributed by atoms with Crippen LogP contribution in [0.1, 0.15) is 29.0 Å². The van der Waals surface area contributed by atoms with Crippen molar-refractivity contribution in [2.24, 2.45) is 0 Å². The maximum Gasteiger partial charge on any atom is 0.265 e. The number of allylic oxidation sites excluding steroid dienone is 1. The van der Waals surface area contributed by atoms with Gasteiger partial charge in [0.25, 0.3) is 11.5 Å². The SMILES string of the molecule is C=CCn1cnc2oc(C)c(C(=O)NCCN3CCCC3)c2c1=O. The molecule has 3 rings (SSSR count). The maximum atomic E-state index is 12.6. The highest BCUT2D eigenvalue weighted by Gasteiger charge is 2.22. The molecule has 128 valence electrons. The van der Waals surface area contributed by atoms with Crippen LogP contribution in [0.4, 0.5) is 0 Å². The van der Waals surface area contributed by atoms with Crippen LogP contribution in [0.15, 0.2) is 28.2 Å². The number of rotatable bonds is 6. The van der Waals surface area contributed by atoms with Crippen molar-refractivity contribution in [3.05, 3.63) is 40.7 Å². The summed E-state index contributed by atoms with van der Waals surface area (Å²) in [7, 11) is 0. The third kappa shape index (κ3) is 3.12. The van der Waals surface area contributed by atoms with E-state index >= 15 is 0 Å². The molecule has 1 aliphatic rings. The molecule has 7 nitrogen and oxygen atoms in total. The summed E-state index contributed by atoms with van der Waals surface area (Å²) in [6.45, 7) is 9.17. The van der Waals surface area contributed by atoms with Gasteiger partial charge in [-0.3, -0.25) is 14.2 Å². The second-order valence-corrected chi connectivity index (χ2v) is 6.01. The monoisotopic (exact) mass is 330 g/mol. The van der Waals surface area contributed by atoms with Crippen molar-refractivity contribution in [2.45, 2.75) is 26.3 Å². The van der Waals surface area contributed by atoms with E-state index in [1.807, 2.05) is 0 Å². The van der Waals surface area contributed by atoms with Gasteiger partial charge in [-0.25, -0.2) is 4.98 Å². The van der Waals surface area contributed by atoms with Crippen LogP contribution in [0, 0.1) is 6.92 Å². The minimum absolute atomic E-state index is 0.197. The van der Waals surface area contributed by atoms with Gasteiger partial charge in [0.15, 0.2) is 0 Å². The first kappa shape index (κ1) is 16.4. The fraction of sp³-hybridized carbons (Fsp3) is 0.471. The van der Waals surface area contributed by atoms with Gasteiger partial charge in [-0.2, -0.15) is 0 Å². The molecule has 1 saturated heterocycles. The van der Waals surface area contributed by atoms with Crippen LogP contribution in [-0.2, 0) is 6.54 Å². The quantitative estimate of drug-likeness (QED) is 0.808. The van der Waals surface area contributed by atoms with Crippen molar-refractivity contribution in [1.29, 1.82) is 0 Å². The Morgan fingerprint density at radius 2 is 2.21 bits per heavy atom. The van der Waals surface area contributed by atoms with E-state index in [-0.39, 0.29) is 28.1 Å². The topological polar surface area (TPSA) is 80.4 Å². The summed E-state index contributed by atoms with van der Waals surface area (Å²) in [6, 6.07) is 0. The molecule has 1 aliphatic heterocycles. The van der Waals surface area contributed by atoms with Crippen LogP contribution in [-0.4, -0.2) is 46.5 Å². The summed E-state index contributed by atoms with van der Waals surface area (Å²) in [5.41, 5.74) is 0.186. The molecule has 0 radical (unpaired) electrons. The Balaban J connectivity index is 1.83. The summed E-state index contributed by atoms with van der Waals surface area (Å²) in [5, 5.41) is 3.12. The number of aromatic nitrogens is 2. The van der Waals surface area contributed by atoms with Gasteiger partial charge in [0.2, 0.25) is 5.71 Å². The lowest BCUT2D eigenvalue weighted by Gasteiger charge is -2.14. The van der Waals surface area contributed by atoms with Crippen molar-refractivity contribution in [1.82, 2.24) is 19.8 Å². The average Bonchev–Trinajstić information content (AvgIpc) is 3.17.